The summed E-state index contributed by atoms with van der Waals surface area (Å²) in [6.45, 7) is 4.07. The third-order valence-electron chi connectivity index (χ3n) is 1.81. The van der Waals surface area contributed by atoms with E-state index < -0.39 is 0 Å². The zero-order valence-corrected chi connectivity index (χ0v) is 6.18. The predicted molar refractivity (Wildman–Crippen MR) is 40.4 cm³/mol. The number of likely N-dealkylation sites (tertiary alicyclic amines) is 1. The van der Waals surface area contributed by atoms with Gasteiger partial charge in [-0.3, -0.25) is 10.3 Å². The van der Waals surface area contributed by atoms with Gasteiger partial charge in [0.15, 0.2) is 6.40 Å². The number of hydrogen-bond donors (Lipinski definition) is 1. The molecule has 1 fully saturated rings. The smallest absolute Gasteiger partial charge is 0.166 e. The highest BCUT2D eigenvalue weighted by atomic mass is 16.5. The van der Waals surface area contributed by atoms with Crippen LogP contribution in [0.3, 0.4) is 0 Å². The maximum Gasteiger partial charge on any atom is 0.166 e. The van der Waals surface area contributed by atoms with Crippen LogP contribution < -0.4 is 0 Å². The normalized spacial score (nSPS) is 19.2. The van der Waals surface area contributed by atoms with Gasteiger partial charge in [-0.1, -0.05) is 0 Å². The first kappa shape index (κ1) is 7.54. The van der Waals surface area contributed by atoms with Gasteiger partial charge >= 0.3 is 0 Å². The Balaban J connectivity index is 1.96. The highest BCUT2D eigenvalue weighted by molar-refractivity contribution is 5.40. The molecule has 3 heteroatoms. The molecule has 10 heavy (non-hydrogen) atoms. The standard InChI is InChI=1S/C7H14N2O/c8-7-10-6-5-9-3-1-2-4-9/h7-8H,1-6H2. The molecule has 0 amide bonds. The van der Waals surface area contributed by atoms with E-state index in [4.69, 9.17) is 10.1 Å². The molecule has 0 saturated carbocycles. The quantitative estimate of drug-likeness (QED) is 0.356. The molecule has 0 radical (unpaired) electrons. The molecule has 1 rings (SSSR count). The summed E-state index contributed by atoms with van der Waals surface area (Å²) in [5.74, 6) is 0. The van der Waals surface area contributed by atoms with Crippen molar-refractivity contribution >= 4 is 6.40 Å². The zero-order chi connectivity index (χ0) is 7.23. The summed E-state index contributed by atoms with van der Waals surface area (Å²) in [6, 6.07) is 0. The number of rotatable bonds is 4. The van der Waals surface area contributed by atoms with Crippen molar-refractivity contribution < 1.29 is 4.74 Å². The van der Waals surface area contributed by atoms with Crippen LogP contribution in [0.4, 0.5) is 0 Å². The number of nitrogens with zero attached hydrogens (tertiary/aromatic N) is 1. The molecule has 1 N–H and O–H groups in total. The molecule has 0 aromatic rings. The van der Waals surface area contributed by atoms with Gasteiger partial charge in [0.25, 0.3) is 0 Å². The molecule has 0 aromatic carbocycles. The molecular weight excluding hydrogens is 128 g/mol. The number of ether oxygens (including phenoxy) is 1. The summed E-state index contributed by atoms with van der Waals surface area (Å²) >= 11 is 0. The average Bonchev–Trinajstić information content (AvgIpc) is 2.41. The minimum Gasteiger partial charge on any atom is -0.482 e. The first-order valence-electron chi connectivity index (χ1n) is 3.76. The molecule has 0 aromatic heterocycles. The van der Waals surface area contributed by atoms with Crippen LogP contribution in [0.15, 0.2) is 0 Å². The molecule has 0 bridgehead atoms. The lowest BCUT2D eigenvalue weighted by Crippen LogP contribution is -2.23. The lowest BCUT2D eigenvalue weighted by atomic mass is 10.4. The Labute approximate surface area is 61.5 Å². The van der Waals surface area contributed by atoms with Gasteiger partial charge in [0.2, 0.25) is 0 Å². The van der Waals surface area contributed by atoms with Crippen molar-refractivity contribution in [3.05, 3.63) is 0 Å². The third kappa shape index (κ3) is 2.35. The average molecular weight is 142 g/mol. The fraction of sp³-hybridized carbons (Fsp3) is 0.857. The van der Waals surface area contributed by atoms with E-state index in [0.29, 0.717) is 6.61 Å². The van der Waals surface area contributed by atoms with Crippen molar-refractivity contribution in [3.8, 4) is 0 Å². The van der Waals surface area contributed by atoms with Crippen molar-refractivity contribution in [2.45, 2.75) is 12.8 Å². The molecule has 0 aliphatic carbocycles. The van der Waals surface area contributed by atoms with Crippen molar-refractivity contribution in [2.24, 2.45) is 0 Å². The molecule has 1 aliphatic heterocycles. The van der Waals surface area contributed by atoms with Crippen molar-refractivity contribution in [2.75, 3.05) is 26.2 Å². The lowest BCUT2D eigenvalue weighted by molar-refractivity contribution is 0.236. The topological polar surface area (TPSA) is 36.3 Å². The summed E-state index contributed by atoms with van der Waals surface area (Å²) in [4.78, 5) is 2.36. The van der Waals surface area contributed by atoms with E-state index in [1.807, 2.05) is 0 Å². The maximum absolute atomic E-state index is 6.61. The van der Waals surface area contributed by atoms with Crippen LogP contribution in [0.2, 0.25) is 0 Å². The van der Waals surface area contributed by atoms with Gasteiger partial charge in [-0.25, -0.2) is 0 Å². The summed E-state index contributed by atoms with van der Waals surface area (Å²) in [5.41, 5.74) is 0. The first-order valence-corrected chi connectivity index (χ1v) is 3.76. The molecular formula is C7H14N2O. The van der Waals surface area contributed by atoms with Crippen molar-refractivity contribution in [3.63, 3.8) is 0 Å². The van der Waals surface area contributed by atoms with Gasteiger partial charge < -0.3 is 4.74 Å². The summed E-state index contributed by atoms with van der Waals surface area (Å²) < 4.78 is 4.80. The van der Waals surface area contributed by atoms with Crippen LogP contribution in [0.5, 0.6) is 0 Å². The molecule has 3 nitrogen and oxygen atoms in total. The highest BCUT2D eigenvalue weighted by Gasteiger charge is 2.09. The SMILES string of the molecule is N=COCCN1CCCC1. The van der Waals surface area contributed by atoms with E-state index in [1.54, 1.807) is 0 Å². The Morgan fingerprint density at radius 2 is 2.10 bits per heavy atom. The molecule has 1 saturated heterocycles. The summed E-state index contributed by atoms with van der Waals surface area (Å²) in [7, 11) is 0. The predicted octanol–water partition coefficient (Wildman–Crippen LogP) is 0.706. The minimum atomic E-state index is 0.670. The van der Waals surface area contributed by atoms with E-state index in [9.17, 15) is 0 Å². The minimum absolute atomic E-state index is 0.670. The Kier molecular flexibility index (Phi) is 3.22. The van der Waals surface area contributed by atoms with Gasteiger partial charge in [-0.2, -0.15) is 0 Å². The van der Waals surface area contributed by atoms with Crippen LogP contribution in [-0.4, -0.2) is 37.5 Å². The Hall–Kier alpha value is -0.570. The Morgan fingerprint density at radius 3 is 2.70 bits per heavy atom. The molecule has 1 heterocycles. The lowest BCUT2D eigenvalue weighted by Gasteiger charge is -2.12. The van der Waals surface area contributed by atoms with Crippen LogP contribution in [0, 0.1) is 5.41 Å². The number of hydrogen-bond acceptors (Lipinski definition) is 3. The zero-order valence-electron chi connectivity index (χ0n) is 6.18. The van der Waals surface area contributed by atoms with E-state index in [0.717, 1.165) is 12.9 Å². The fourth-order valence-corrected chi connectivity index (χ4v) is 1.25. The van der Waals surface area contributed by atoms with Gasteiger partial charge in [0.05, 0.1) is 0 Å². The second-order valence-corrected chi connectivity index (χ2v) is 2.54. The van der Waals surface area contributed by atoms with Crippen LogP contribution in [0.25, 0.3) is 0 Å². The van der Waals surface area contributed by atoms with Gasteiger partial charge in [-0.15, -0.1) is 0 Å². The summed E-state index contributed by atoms with van der Waals surface area (Å²) in [6.07, 6.45) is 3.66. The highest BCUT2D eigenvalue weighted by Crippen LogP contribution is 2.05. The number of nitrogens with one attached hydrogen (secondary N) is 1. The fourth-order valence-electron chi connectivity index (χ4n) is 1.25. The second kappa shape index (κ2) is 4.28. The Morgan fingerprint density at radius 1 is 1.40 bits per heavy atom. The van der Waals surface area contributed by atoms with Gasteiger partial charge in [-0.05, 0) is 25.9 Å². The van der Waals surface area contributed by atoms with Crippen LogP contribution in [-0.2, 0) is 4.74 Å². The van der Waals surface area contributed by atoms with E-state index in [-0.39, 0.29) is 0 Å². The molecule has 0 atom stereocenters. The molecule has 0 unspecified atom stereocenters. The van der Waals surface area contributed by atoms with Crippen LogP contribution >= 0.6 is 0 Å². The Bertz CT molecular complexity index is 99.8. The van der Waals surface area contributed by atoms with Crippen molar-refractivity contribution in [1.29, 1.82) is 5.41 Å². The summed E-state index contributed by atoms with van der Waals surface area (Å²) in [5, 5.41) is 6.61. The van der Waals surface area contributed by atoms with Gasteiger partial charge in [0.1, 0.15) is 6.61 Å². The largest absolute Gasteiger partial charge is 0.482 e. The second-order valence-electron chi connectivity index (χ2n) is 2.54. The van der Waals surface area contributed by atoms with Crippen LogP contribution in [0.1, 0.15) is 12.8 Å². The maximum atomic E-state index is 6.61. The molecule has 58 valence electrons. The third-order valence-corrected chi connectivity index (χ3v) is 1.81. The van der Waals surface area contributed by atoms with E-state index >= 15 is 0 Å². The van der Waals surface area contributed by atoms with Gasteiger partial charge in [0, 0.05) is 6.54 Å². The van der Waals surface area contributed by atoms with E-state index in [1.165, 1.54) is 25.9 Å². The van der Waals surface area contributed by atoms with Crippen molar-refractivity contribution in [1.82, 2.24) is 4.90 Å². The van der Waals surface area contributed by atoms with E-state index in [2.05, 4.69) is 4.90 Å². The monoisotopic (exact) mass is 142 g/mol. The first-order chi connectivity index (χ1) is 4.93. The molecule has 0 spiro atoms. The molecule has 1 aliphatic rings.